The van der Waals surface area contributed by atoms with Gasteiger partial charge in [-0.15, -0.1) is 0 Å². The van der Waals surface area contributed by atoms with E-state index in [-0.39, 0.29) is 17.5 Å². The third-order valence-electron chi connectivity index (χ3n) is 2.87. The van der Waals surface area contributed by atoms with Gasteiger partial charge in [0.1, 0.15) is 5.69 Å². The van der Waals surface area contributed by atoms with Crippen LogP contribution in [0.5, 0.6) is 0 Å². The number of carbonyl (C=O) groups excluding carboxylic acids is 1. The Hall–Kier alpha value is -2.11. The number of halogens is 1. The number of rotatable bonds is 3. The summed E-state index contributed by atoms with van der Waals surface area (Å²) in [5, 5.41) is 9.30. The second-order valence-electron chi connectivity index (χ2n) is 4.25. The first kappa shape index (κ1) is 12.3. The van der Waals surface area contributed by atoms with Crippen LogP contribution in [-0.4, -0.2) is 23.0 Å². The van der Waals surface area contributed by atoms with Crippen LogP contribution in [0.2, 0.25) is 0 Å². The van der Waals surface area contributed by atoms with Crippen molar-refractivity contribution in [1.82, 2.24) is 4.98 Å². The summed E-state index contributed by atoms with van der Waals surface area (Å²) < 4.78 is 13.7. The maximum Gasteiger partial charge on any atom is 0.229 e. The van der Waals surface area contributed by atoms with E-state index in [1.807, 2.05) is 0 Å². The van der Waals surface area contributed by atoms with E-state index in [2.05, 4.69) is 4.98 Å². The molecule has 5 nitrogen and oxygen atoms in total. The molecule has 0 radical (unpaired) electrons. The third kappa shape index (κ3) is 2.27. The molecule has 1 aromatic rings. The summed E-state index contributed by atoms with van der Waals surface area (Å²) in [6.45, 7) is 0. The Labute approximate surface area is 104 Å². The molecule has 0 saturated heterocycles. The number of aromatic nitrogens is 1. The fourth-order valence-electron chi connectivity index (χ4n) is 1.61. The smallest absolute Gasteiger partial charge is 0.229 e. The fraction of sp³-hybridized carbons (Fsp3) is 0.333. The summed E-state index contributed by atoms with van der Waals surface area (Å²) in [4.78, 5) is 16.9. The van der Waals surface area contributed by atoms with Crippen LogP contribution in [0.3, 0.4) is 0 Å². The first-order chi connectivity index (χ1) is 8.54. The Balaban J connectivity index is 2.25. The minimum Gasteiger partial charge on any atom is -0.504 e. The Morgan fingerprint density at radius 1 is 1.67 bits per heavy atom. The molecule has 0 aromatic carbocycles. The van der Waals surface area contributed by atoms with Crippen molar-refractivity contribution in [2.24, 2.45) is 11.7 Å². The van der Waals surface area contributed by atoms with Gasteiger partial charge in [-0.3, -0.25) is 4.79 Å². The van der Waals surface area contributed by atoms with Crippen LogP contribution < -0.4 is 10.6 Å². The lowest BCUT2D eigenvalue weighted by Gasteiger charge is -2.17. The number of anilines is 1. The normalized spacial score (nSPS) is 15.6. The van der Waals surface area contributed by atoms with E-state index in [9.17, 15) is 14.3 Å². The van der Waals surface area contributed by atoms with Crippen LogP contribution in [0.15, 0.2) is 18.5 Å². The van der Waals surface area contributed by atoms with Gasteiger partial charge in [0.2, 0.25) is 5.91 Å². The number of hydrogen-bond acceptors (Lipinski definition) is 4. The number of nitrogens with two attached hydrogens (primary N) is 1. The third-order valence-corrected chi connectivity index (χ3v) is 2.87. The molecule has 0 atom stereocenters. The number of nitrogens with zero attached hydrogens (tertiary/aromatic N) is 2. The van der Waals surface area contributed by atoms with Gasteiger partial charge < -0.3 is 15.7 Å². The van der Waals surface area contributed by atoms with Gasteiger partial charge in [0.25, 0.3) is 0 Å². The van der Waals surface area contributed by atoms with E-state index in [0.717, 1.165) is 25.1 Å². The van der Waals surface area contributed by atoms with Crippen molar-refractivity contribution in [2.45, 2.75) is 12.8 Å². The molecule has 0 bridgehead atoms. The van der Waals surface area contributed by atoms with Gasteiger partial charge >= 0.3 is 0 Å². The van der Waals surface area contributed by atoms with E-state index < -0.39 is 11.6 Å². The van der Waals surface area contributed by atoms with Crippen molar-refractivity contribution < 1.29 is 14.3 Å². The zero-order valence-corrected chi connectivity index (χ0v) is 9.93. The predicted molar refractivity (Wildman–Crippen MR) is 65.1 cm³/mol. The first-order valence-corrected chi connectivity index (χ1v) is 5.59. The summed E-state index contributed by atoms with van der Waals surface area (Å²) in [5.74, 6) is -1.14. The quantitative estimate of drug-likeness (QED) is 0.796. The van der Waals surface area contributed by atoms with Crippen molar-refractivity contribution >= 4 is 17.4 Å². The molecule has 1 aliphatic rings. The second-order valence-corrected chi connectivity index (χ2v) is 4.25. The van der Waals surface area contributed by atoms with Crippen molar-refractivity contribution in [3.63, 3.8) is 0 Å². The highest BCUT2D eigenvalue weighted by atomic mass is 19.1. The van der Waals surface area contributed by atoms with Crippen LogP contribution >= 0.6 is 0 Å². The number of carbonyl (C=O) groups is 1. The number of aliphatic hydroxyl groups is 1. The Morgan fingerprint density at radius 2 is 2.33 bits per heavy atom. The maximum atomic E-state index is 13.7. The van der Waals surface area contributed by atoms with Crippen LogP contribution in [0.25, 0.3) is 5.76 Å². The molecule has 1 heterocycles. The lowest BCUT2D eigenvalue weighted by molar-refractivity contribution is -0.119. The SMILES string of the molecule is CN(C(=O)C1CC1)c1cnc(C(O)=CN)c(F)c1. The molecule has 2 rings (SSSR count). The van der Waals surface area contributed by atoms with Crippen molar-refractivity contribution in [3.05, 3.63) is 30.0 Å². The molecule has 6 heteroatoms. The Morgan fingerprint density at radius 3 is 2.83 bits per heavy atom. The summed E-state index contributed by atoms with van der Waals surface area (Å²) in [6.07, 6.45) is 3.96. The minimum absolute atomic E-state index is 0.0393. The van der Waals surface area contributed by atoms with E-state index in [1.165, 1.54) is 11.1 Å². The molecule has 96 valence electrons. The van der Waals surface area contributed by atoms with Crippen LogP contribution in [-0.2, 0) is 4.79 Å². The van der Waals surface area contributed by atoms with E-state index in [0.29, 0.717) is 5.69 Å². The molecule has 0 aliphatic heterocycles. The number of amides is 1. The molecular weight excluding hydrogens is 237 g/mol. The fourth-order valence-corrected chi connectivity index (χ4v) is 1.61. The highest BCUT2D eigenvalue weighted by Crippen LogP contribution is 2.32. The molecule has 1 saturated carbocycles. The molecule has 1 fully saturated rings. The van der Waals surface area contributed by atoms with Gasteiger partial charge in [-0.05, 0) is 12.8 Å². The van der Waals surface area contributed by atoms with Gasteiger partial charge in [0.15, 0.2) is 11.6 Å². The van der Waals surface area contributed by atoms with Crippen LogP contribution in [0.4, 0.5) is 10.1 Å². The summed E-state index contributed by atoms with van der Waals surface area (Å²) in [6, 6.07) is 1.16. The number of hydrogen-bond donors (Lipinski definition) is 2. The zero-order chi connectivity index (χ0) is 13.3. The van der Waals surface area contributed by atoms with Gasteiger partial charge in [-0.2, -0.15) is 0 Å². The monoisotopic (exact) mass is 251 g/mol. The summed E-state index contributed by atoms with van der Waals surface area (Å²) in [7, 11) is 1.58. The highest BCUT2D eigenvalue weighted by molar-refractivity contribution is 5.95. The zero-order valence-electron chi connectivity index (χ0n) is 9.93. The molecule has 0 spiro atoms. The minimum atomic E-state index is -0.720. The molecule has 1 aromatic heterocycles. The first-order valence-electron chi connectivity index (χ1n) is 5.59. The van der Waals surface area contributed by atoms with Crippen molar-refractivity contribution in [3.8, 4) is 0 Å². The Kier molecular flexibility index (Phi) is 3.18. The van der Waals surface area contributed by atoms with Gasteiger partial charge in [-0.25, -0.2) is 9.37 Å². The van der Waals surface area contributed by atoms with Crippen LogP contribution in [0.1, 0.15) is 18.5 Å². The molecule has 1 aliphatic carbocycles. The molecule has 0 unspecified atom stereocenters. The second kappa shape index (κ2) is 4.64. The predicted octanol–water partition coefficient (Wildman–Crippen LogP) is 1.41. The molecule has 3 N–H and O–H groups in total. The summed E-state index contributed by atoms with van der Waals surface area (Å²) >= 11 is 0. The average molecular weight is 251 g/mol. The topological polar surface area (TPSA) is 79.5 Å². The average Bonchev–Trinajstić information content (AvgIpc) is 3.20. The maximum absolute atomic E-state index is 13.7. The molecule has 1 amide bonds. The van der Waals surface area contributed by atoms with Crippen LogP contribution in [0, 0.1) is 11.7 Å². The number of pyridine rings is 1. The van der Waals surface area contributed by atoms with Gasteiger partial charge in [-0.1, -0.05) is 0 Å². The molecule has 18 heavy (non-hydrogen) atoms. The van der Waals surface area contributed by atoms with E-state index in [4.69, 9.17) is 5.73 Å². The lowest BCUT2D eigenvalue weighted by Crippen LogP contribution is -2.27. The summed E-state index contributed by atoms with van der Waals surface area (Å²) in [5.41, 5.74) is 5.21. The Bertz CT molecular complexity index is 512. The van der Waals surface area contributed by atoms with Crippen molar-refractivity contribution in [2.75, 3.05) is 11.9 Å². The molecular formula is C12H14FN3O2. The standard InChI is InChI=1S/C12H14FN3O2/c1-16(12(18)7-2-3-7)8-4-9(13)11(15-6-8)10(17)5-14/h4-7,17H,2-3,14H2,1H3. The highest BCUT2D eigenvalue weighted by Gasteiger charge is 2.32. The van der Waals surface area contributed by atoms with Gasteiger partial charge in [0.05, 0.1) is 11.9 Å². The van der Waals surface area contributed by atoms with Crippen molar-refractivity contribution in [1.29, 1.82) is 0 Å². The largest absolute Gasteiger partial charge is 0.504 e. The number of aliphatic hydroxyl groups excluding tert-OH is 1. The lowest BCUT2D eigenvalue weighted by atomic mass is 10.2. The van der Waals surface area contributed by atoms with E-state index >= 15 is 0 Å². The van der Waals surface area contributed by atoms with E-state index in [1.54, 1.807) is 7.05 Å². The van der Waals surface area contributed by atoms with Gasteiger partial charge in [0, 0.05) is 25.2 Å².